The summed E-state index contributed by atoms with van der Waals surface area (Å²) in [5.74, 6) is -0.666. The van der Waals surface area contributed by atoms with Crippen molar-refractivity contribution in [2.45, 2.75) is 6.92 Å². The number of benzene rings is 1. The number of phenolic OH excluding ortho intramolecular Hbond substituents is 1. The number of carboxylic acid groups (broad SMARTS) is 1. The Hall–Kier alpha value is -0.370. The highest BCUT2D eigenvalue weighted by Gasteiger charge is 2.02. The number of hydrogen-bond donors (Lipinski definition) is 2. The van der Waals surface area contributed by atoms with Gasteiger partial charge in [-0.2, -0.15) is 0 Å². The topological polar surface area (TPSA) is 70.1 Å². The van der Waals surface area contributed by atoms with E-state index in [-0.39, 0.29) is 5.75 Å². The molecule has 1 aliphatic rings. The third kappa shape index (κ3) is 11.2. The van der Waals surface area contributed by atoms with Crippen molar-refractivity contribution in [2.24, 2.45) is 0 Å². The standard InChI is InChI=1S/C6H3Br3O.C4H6O2.C2H4O/c7-3-1-4(8)6(10)5(9)2-3;1-2-3-4(5)6;1-2-3-1/h1-2,10H;2-3H,1H3,(H,5,6);1-2H2. The fraction of sp³-hybridized carbons (Fsp3) is 0.250. The molecule has 106 valence electrons. The largest absolute Gasteiger partial charge is 0.506 e. The number of halogens is 3. The number of carbonyl (C=O) groups is 1. The van der Waals surface area contributed by atoms with E-state index in [1.807, 2.05) is 0 Å². The highest BCUT2D eigenvalue weighted by atomic mass is 79.9. The Labute approximate surface area is 136 Å². The molecule has 19 heavy (non-hydrogen) atoms. The predicted molar refractivity (Wildman–Crippen MR) is 84.5 cm³/mol. The van der Waals surface area contributed by atoms with Gasteiger partial charge in [0.05, 0.1) is 22.2 Å². The number of carboxylic acids is 1. The molecule has 0 radical (unpaired) electrons. The van der Waals surface area contributed by atoms with E-state index in [9.17, 15) is 9.90 Å². The zero-order chi connectivity index (χ0) is 14.8. The minimum absolute atomic E-state index is 0.225. The van der Waals surface area contributed by atoms with Crippen LogP contribution in [0.25, 0.3) is 0 Å². The molecule has 0 atom stereocenters. The molecule has 0 unspecified atom stereocenters. The summed E-state index contributed by atoms with van der Waals surface area (Å²) in [6.45, 7) is 3.66. The molecule has 1 aliphatic heterocycles. The minimum Gasteiger partial charge on any atom is -0.506 e. The first kappa shape index (κ1) is 18.6. The molecule has 1 heterocycles. The molecule has 0 amide bonds. The van der Waals surface area contributed by atoms with Crippen LogP contribution in [0.3, 0.4) is 0 Å². The molecule has 1 fully saturated rings. The molecule has 1 aromatic rings. The number of allylic oxidation sites excluding steroid dienone is 1. The fourth-order valence-corrected chi connectivity index (χ4v) is 2.94. The Kier molecular flexibility index (Phi) is 10.2. The lowest BCUT2D eigenvalue weighted by molar-refractivity contribution is -0.131. The lowest BCUT2D eigenvalue weighted by Crippen LogP contribution is -1.83. The van der Waals surface area contributed by atoms with Crippen LogP contribution in [0.5, 0.6) is 5.75 Å². The maximum atomic E-state index is 9.51. The first-order chi connectivity index (χ1) is 8.88. The lowest BCUT2D eigenvalue weighted by atomic mass is 10.3. The molecule has 1 saturated heterocycles. The van der Waals surface area contributed by atoms with E-state index in [1.165, 1.54) is 6.08 Å². The number of rotatable bonds is 1. The molecular formula is C12H13Br3O4. The Morgan fingerprint density at radius 3 is 1.89 bits per heavy atom. The van der Waals surface area contributed by atoms with Gasteiger partial charge in [0.1, 0.15) is 5.75 Å². The van der Waals surface area contributed by atoms with Crippen LogP contribution in [0, 0.1) is 0 Å². The molecule has 7 heteroatoms. The fourth-order valence-electron chi connectivity index (χ4n) is 0.677. The number of epoxide rings is 1. The molecule has 1 aromatic carbocycles. The van der Waals surface area contributed by atoms with Crippen LogP contribution in [-0.4, -0.2) is 29.4 Å². The van der Waals surface area contributed by atoms with Crippen LogP contribution >= 0.6 is 47.8 Å². The second-order valence-electron chi connectivity index (χ2n) is 3.17. The summed E-state index contributed by atoms with van der Waals surface area (Å²) < 4.78 is 6.77. The van der Waals surface area contributed by atoms with Crippen molar-refractivity contribution in [3.05, 3.63) is 37.7 Å². The first-order valence-corrected chi connectivity index (χ1v) is 7.53. The van der Waals surface area contributed by atoms with Gasteiger partial charge in [0, 0.05) is 10.5 Å². The molecular weight excluding hydrogens is 448 g/mol. The third-order valence-corrected chi connectivity index (χ3v) is 3.16. The molecule has 0 saturated carbocycles. The van der Waals surface area contributed by atoms with E-state index in [4.69, 9.17) is 5.11 Å². The Balaban J connectivity index is 0.000000303. The van der Waals surface area contributed by atoms with Gasteiger partial charge in [-0.05, 0) is 50.9 Å². The van der Waals surface area contributed by atoms with Crippen molar-refractivity contribution >= 4 is 53.8 Å². The van der Waals surface area contributed by atoms with Gasteiger partial charge < -0.3 is 14.9 Å². The van der Waals surface area contributed by atoms with Crippen LogP contribution in [0.4, 0.5) is 0 Å². The van der Waals surface area contributed by atoms with Crippen molar-refractivity contribution < 1.29 is 19.7 Å². The number of phenols is 1. The molecule has 2 rings (SSSR count). The van der Waals surface area contributed by atoms with Gasteiger partial charge in [-0.25, -0.2) is 4.79 Å². The second-order valence-corrected chi connectivity index (χ2v) is 5.79. The maximum Gasteiger partial charge on any atom is 0.327 e. The van der Waals surface area contributed by atoms with E-state index >= 15 is 0 Å². The van der Waals surface area contributed by atoms with Gasteiger partial charge >= 0.3 is 5.97 Å². The van der Waals surface area contributed by atoms with E-state index < -0.39 is 5.97 Å². The zero-order valence-corrected chi connectivity index (χ0v) is 14.8. The monoisotopic (exact) mass is 458 g/mol. The molecule has 0 aromatic heterocycles. The summed E-state index contributed by atoms with van der Waals surface area (Å²) in [7, 11) is 0. The number of ether oxygens (including phenoxy) is 1. The summed E-state index contributed by atoms with van der Waals surface area (Å²) >= 11 is 9.65. The average Bonchev–Trinajstić information content (AvgIpc) is 3.13. The number of hydrogen-bond acceptors (Lipinski definition) is 3. The quantitative estimate of drug-likeness (QED) is 0.483. The van der Waals surface area contributed by atoms with Gasteiger partial charge in [0.15, 0.2) is 0 Å². The molecule has 2 N–H and O–H groups in total. The summed E-state index contributed by atoms with van der Waals surface area (Å²) in [5.41, 5.74) is 0. The Morgan fingerprint density at radius 2 is 1.68 bits per heavy atom. The van der Waals surface area contributed by atoms with Crippen LogP contribution in [0.15, 0.2) is 37.7 Å². The van der Waals surface area contributed by atoms with E-state index in [0.717, 1.165) is 23.8 Å². The molecule has 0 bridgehead atoms. The van der Waals surface area contributed by atoms with E-state index in [1.54, 1.807) is 19.1 Å². The molecule has 0 aliphatic carbocycles. The van der Waals surface area contributed by atoms with Gasteiger partial charge in [0.2, 0.25) is 0 Å². The van der Waals surface area contributed by atoms with Crippen molar-refractivity contribution in [3.8, 4) is 5.75 Å². The summed E-state index contributed by atoms with van der Waals surface area (Å²) in [4.78, 5) is 9.51. The zero-order valence-electron chi connectivity index (χ0n) is 10.1. The molecule has 4 nitrogen and oxygen atoms in total. The maximum absolute atomic E-state index is 9.51. The summed E-state index contributed by atoms with van der Waals surface area (Å²) in [5, 5.41) is 17.0. The van der Waals surface area contributed by atoms with Crippen LogP contribution in [0.1, 0.15) is 6.92 Å². The van der Waals surface area contributed by atoms with E-state index in [2.05, 4.69) is 52.5 Å². The normalized spacial score (nSPS) is 12.0. The van der Waals surface area contributed by atoms with Crippen molar-refractivity contribution in [2.75, 3.05) is 13.2 Å². The summed E-state index contributed by atoms with van der Waals surface area (Å²) in [6.07, 6.45) is 2.56. The van der Waals surface area contributed by atoms with Crippen molar-refractivity contribution in [1.82, 2.24) is 0 Å². The first-order valence-electron chi connectivity index (χ1n) is 5.15. The highest BCUT2D eigenvalue weighted by Crippen LogP contribution is 2.34. The number of aromatic hydroxyl groups is 1. The third-order valence-electron chi connectivity index (χ3n) is 1.50. The molecule has 0 spiro atoms. The highest BCUT2D eigenvalue weighted by molar-refractivity contribution is 9.11. The summed E-state index contributed by atoms with van der Waals surface area (Å²) in [6, 6.07) is 3.56. The van der Waals surface area contributed by atoms with Crippen LogP contribution in [-0.2, 0) is 9.53 Å². The minimum atomic E-state index is -0.891. The lowest BCUT2D eigenvalue weighted by Gasteiger charge is -1.99. The average molecular weight is 461 g/mol. The van der Waals surface area contributed by atoms with Gasteiger partial charge in [-0.3, -0.25) is 0 Å². The van der Waals surface area contributed by atoms with Gasteiger partial charge in [-0.15, -0.1) is 0 Å². The van der Waals surface area contributed by atoms with Crippen molar-refractivity contribution in [3.63, 3.8) is 0 Å². The Morgan fingerprint density at radius 1 is 1.26 bits per heavy atom. The second kappa shape index (κ2) is 10.4. The number of aliphatic carboxylic acids is 1. The van der Waals surface area contributed by atoms with Gasteiger partial charge in [-0.1, -0.05) is 22.0 Å². The van der Waals surface area contributed by atoms with E-state index in [0.29, 0.717) is 8.95 Å². The van der Waals surface area contributed by atoms with Gasteiger partial charge in [0.25, 0.3) is 0 Å². The Bertz CT molecular complexity index is 419. The predicted octanol–water partition coefficient (Wildman–Crippen LogP) is 4.34. The van der Waals surface area contributed by atoms with Crippen LogP contribution < -0.4 is 0 Å². The SMILES string of the molecule is C1CO1.CC=CC(=O)O.Oc1c(Br)cc(Br)cc1Br. The van der Waals surface area contributed by atoms with Crippen LogP contribution in [0.2, 0.25) is 0 Å². The smallest absolute Gasteiger partial charge is 0.327 e. The van der Waals surface area contributed by atoms with Crippen molar-refractivity contribution in [1.29, 1.82) is 0 Å².